The van der Waals surface area contributed by atoms with Crippen LogP contribution in [0.25, 0.3) is 0 Å². The molecule has 1 heterocycles. The maximum Gasteiger partial charge on any atom is 0.224 e. The van der Waals surface area contributed by atoms with Gasteiger partial charge in [-0.1, -0.05) is 23.7 Å². The molecule has 1 saturated heterocycles. The van der Waals surface area contributed by atoms with Crippen molar-refractivity contribution in [1.29, 1.82) is 0 Å². The molecular formula is C14H17ClN2O2. The number of hydrogen-bond donors (Lipinski definition) is 2. The number of piperidine rings is 1. The summed E-state index contributed by atoms with van der Waals surface area (Å²) in [4.78, 5) is 22.9. The molecule has 1 aliphatic rings. The van der Waals surface area contributed by atoms with E-state index in [2.05, 4.69) is 10.6 Å². The van der Waals surface area contributed by atoms with Crippen molar-refractivity contribution in [1.82, 2.24) is 10.6 Å². The number of hydrogen-bond acceptors (Lipinski definition) is 2. The summed E-state index contributed by atoms with van der Waals surface area (Å²) in [6.45, 7) is 1.05. The van der Waals surface area contributed by atoms with Crippen molar-refractivity contribution in [3.63, 3.8) is 0 Å². The van der Waals surface area contributed by atoms with Gasteiger partial charge < -0.3 is 10.6 Å². The number of amides is 2. The molecule has 1 aromatic rings. The number of nitrogens with one attached hydrogen (secondary N) is 2. The lowest BCUT2D eigenvalue weighted by Crippen LogP contribution is -2.43. The summed E-state index contributed by atoms with van der Waals surface area (Å²) in [6, 6.07) is 7.59. The molecule has 4 nitrogen and oxygen atoms in total. The van der Waals surface area contributed by atoms with Crippen LogP contribution in [-0.2, 0) is 16.0 Å². The summed E-state index contributed by atoms with van der Waals surface area (Å²) in [6.07, 6.45) is 1.86. The van der Waals surface area contributed by atoms with Crippen LogP contribution < -0.4 is 10.6 Å². The molecule has 1 aromatic carbocycles. The van der Waals surface area contributed by atoms with Crippen molar-refractivity contribution in [3.05, 3.63) is 34.9 Å². The maximum atomic E-state index is 11.9. The van der Waals surface area contributed by atoms with E-state index in [1.165, 1.54) is 0 Å². The third-order valence-electron chi connectivity index (χ3n) is 3.26. The van der Waals surface area contributed by atoms with Gasteiger partial charge in [-0.15, -0.1) is 0 Å². The van der Waals surface area contributed by atoms with Crippen LogP contribution in [0.4, 0.5) is 0 Å². The minimum absolute atomic E-state index is 0.0222. The first-order chi connectivity index (χ1) is 9.15. The van der Waals surface area contributed by atoms with Crippen molar-refractivity contribution in [2.24, 2.45) is 5.92 Å². The van der Waals surface area contributed by atoms with Crippen molar-refractivity contribution in [3.8, 4) is 0 Å². The smallest absolute Gasteiger partial charge is 0.224 e. The normalized spacial score (nSPS) is 18.8. The number of rotatable bonds is 4. The van der Waals surface area contributed by atoms with Gasteiger partial charge in [0.1, 0.15) is 0 Å². The van der Waals surface area contributed by atoms with Gasteiger partial charge in [-0.3, -0.25) is 9.59 Å². The first-order valence-electron chi connectivity index (χ1n) is 6.44. The summed E-state index contributed by atoms with van der Waals surface area (Å²) in [7, 11) is 0. The van der Waals surface area contributed by atoms with E-state index in [-0.39, 0.29) is 17.7 Å². The minimum atomic E-state index is -0.0945. The standard InChI is InChI=1S/C14H17ClN2O2/c15-12-4-1-10(2-5-12)7-8-16-14(19)11-3-6-13(18)17-9-11/h1-2,4-5,11H,3,6-9H2,(H,16,19)(H,17,18). The van der Waals surface area contributed by atoms with Gasteiger partial charge >= 0.3 is 0 Å². The van der Waals surface area contributed by atoms with E-state index in [9.17, 15) is 9.59 Å². The molecule has 0 aliphatic carbocycles. The van der Waals surface area contributed by atoms with Gasteiger partial charge in [-0.05, 0) is 30.5 Å². The van der Waals surface area contributed by atoms with Crippen LogP contribution >= 0.6 is 11.6 Å². The van der Waals surface area contributed by atoms with Gasteiger partial charge in [-0.2, -0.15) is 0 Å². The minimum Gasteiger partial charge on any atom is -0.355 e. The molecule has 1 aliphatic heterocycles. The molecule has 1 unspecified atom stereocenters. The molecule has 102 valence electrons. The Bertz CT molecular complexity index is 449. The number of halogens is 1. The Morgan fingerprint density at radius 3 is 2.74 bits per heavy atom. The highest BCUT2D eigenvalue weighted by Crippen LogP contribution is 2.11. The maximum absolute atomic E-state index is 11.9. The van der Waals surface area contributed by atoms with E-state index in [4.69, 9.17) is 11.6 Å². The number of carbonyl (C=O) groups excluding carboxylic acids is 2. The molecule has 1 atom stereocenters. The molecule has 19 heavy (non-hydrogen) atoms. The van der Waals surface area contributed by atoms with E-state index >= 15 is 0 Å². The molecule has 1 fully saturated rings. The zero-order valence-electron chi connectivity index (χ0n) is 10.6. The van der Waals surface area contributed by atoms with Gasteiger partial charge in [0.15, 0.2) is 0 Å². The highest BCUT2D eigenvalue weighted by atomic mass is 35.5. The highest BCUT2D eigenvalue weighted by molar-refractivity contribution is 6.30. The fraction of sp³-hybridized carbons (Fsp3) is 0.429. The Labute approximate surface area is 117 Å². The Balaban J connectivity index is 1.72. The van der Waals surface area contributed by atoms with Crippen LogP contribution in [0.1, 0.15) is 18.4 Å². The Morgan fingerprint density at radius 1 is 1.37 bits per heavy atom. The molecule has 0 radical (unpaired) electrons. The van der Waals surface area contributed by atoms with E-state index in [0.29, 0.717) is 31.0 Å². The molecular weight excluding hydrogens is 264 g/mol. The second-order valence-electron chi connectivity index (χ2n) is 4.71. The van der Waals surface area contributed by atoms with Crippen LogP contribution in [0.2, 0.25) is 5.02 Å². The van der Waals surface area contributed by atoms with Crippen molar-refractivity contribution in [2.45, 2.75) is 19.3 Å². The van der Waals surface area contributed by atoms with Crippen molar-refractivity contribution in [2.75, 3.05) is 13.1 Å². The first-order valence-corrected chi connectivity index (χ1v) is 6.82. The molecule has 0 spiro atoms. The lowest BCUT2D eigenvalue weighted by atomic mass is 9.98. The van der Waals surface area contributed by atoms with Gasteiger partial charge in [0.2, 0.25) is 11.8 Å². The molecule has 0 saturated carbocycles. The number of benzene rings is 1. The molecule has 2 amide bonds. The summed E-state index contributed by atoms with van der Waals surface area (Å²) in [5, 5.41) is 6.33. The van der Waals surface area contributed by atoms with E-state index < -0.39 is 0 Å². The van der Waals surface area contributed by atoms with Gasteiger partial charge in [0.05, 0.1) is 5.92 Å². The zero-order valence-corrected chi connectivity index (χ0v) is 11.4. The molecule has 2 N–H and O–H groups in total. The van der Waals surface area contributed by atoms with E-state index in [1.807, 2.05) is 24.3 Å². The van der Waals surface area contributed by atoms with E-state index in [0.717, 1.165) is 12.0 Å². The average Bonchev–Trinajstić information content (AvgIpc) is 2.41. The average molecular weight is 281 g/mol. The second kappa shape index (κ2) is 6.57. The Morgan fingerprint density at radius 2 is 2.11 bits per heavy atom. The van der Waals surface area contributed by atoms with Crippen LogP contribution in [-0.4, -0.2) is 24.9 Å². The van der Waals surface area contributed by atoms with Gasteiger partial charge in [0, 0.05) is 24.5 Å². The zero-order chi connectivity index (χ0) is 13.7. The van der Waals surface area contributed by atoms with Crippen molar-refractivity contribution < 1.29 is 9.59 Å². The van der Waals surface area contributed by atoms with Crippen LogP contribution in [0.3, 0.4) is 0 Å². The number of carbonyl (C=O) groups is 2. The summed E-state index contributed by atoms with van der Waals surface area (Å²) in [5.74, 6) is -0.0397. The third-order valence-corrected chi connectivity index (χ3v) is 3.51. The fourth-order valence-corrected chi connectivity index (χ4v) is 2.21. The largest absolute Gasteiger partial charge is 0.355 e. The fourth-order valence-electron chi connectivity index (χ4n) is 2.08. The molecule has 5 heteroatoms. The molecule has 0 aromatic heterocycles. The van der Waals surface area contributed by atoms with Crippen LogP contribution in [0.5, 0.6) is 0 Å². The summed E-state index contributed by atoms with van der Waals surface area (Å²) < 4.78 is 0. The molecule has 2 rings (SSSR count). The SMILES string of the molecule is O=C1CCC(C(=O)NCCc2ccc(Cl)cc2)CN1. The second-order valence-corrected chi connectivity index (χ2v) is 5.14. The van der Waals surface area contributed by atoms with Crippen molar-refractivity contribution >= 4 is 23.4 Å². The third kappa shape index (κ3) is 4.24. The Kier molecular flexibility index (Phi) is 4.80. The Hall–Kier alpha value is -1.55. The predicted molar refractivity (Wildman–Crippen MR) is 73.9 cm³/mol. The molecule has 0 bridgehead atoms. The topological polar surface area (TPSA) is 58.2 Å². The quantitative estimate of drug-likeness (QED) is 0.879. The monoisotopic (exact) mass is 280 g/mol. The van der Waals surface area contributed by atoms with Crippen LogP contribution in [0.15, 0.2) is 24.3 Å². The lowest BCUT2D eigenvalue weighted by Gasteiger charge is -2.21. The lowest BCUT2D eigenvalue weighted by molar-refractivity contribution is -0.128. The van der Waals surface area contributed by atoms with Gasteiger partial charge in [-0.25, -0.2) is 0 Å². The predicted octanol–water partition coefficient (Wildman–Crippen LogP) is 1.52. The summed E-state index contributed by atoms with van der Waals surface area (Å²) in [5.41, 5.74) is 1.14. The van der Waals surface area contributed by atoms with Gasteiger partial charge in [0.25, 0.3) is 0 Å². The highest BCUT2D eigenvalue weighted by Gasteiger charge is 2.23. The van der Waals surface area contributed by atoms with Crippen LogP contribution in [0, 0.1) is 5.92 Å². The summed E-state index contributed by atoms with van der Waals surface area (Å²) >= 11 is 5.81. The first kappa shape index (κ1) is 13.9. The van der Waals surface area contributed by atoms with E-state index in [1.54, 1.807) is 0 Å².